The molecule has 4 N–H and O–H groups in total. The summed E-state index contributed by atoms with van der Waals surface area (Å²) >= 11 is 7.30. The molecule has 1 aromatic carbocycles. The van der Waals surface area contributed by atoms with Crippen LogP contribution >= 0.6 is 22.9 Å². The molecule has 3 heterocycles. The average Bonchev–Trinajstić information content (AvgIpc) is 2.91. The predicted molar refractivity (Wildman–Crippen MR) is 110 cm³/mol. The monoisotopic (exact) mass is 421 g/mol. The number of thiophene rings is 1. The minimum atomic E-state index is -0.512. The molecule has 1 atom stereocenters. The van der Waals surface area contributed by atoms with Gasteiger partial charge in [0.2, 0.25) is 0 Å². The van der Waals surface area contributed by atoms with Crippen LogP contribution in [-0.2, 0) is 17.7 Å². The average molecular weight is 422 g/mol. The van der Waals surface area contributed by atoms with E-state index in [2.05, 4.69) is 17.7 Å². The van der Waals surface area contributed by atoms with Gasteiger partial charge in [0.25, 0.3) is 5.91 Å². The number of nitrogens with one attached hydrogen (secondary N) is 2. The molecule has 2 aromatic rings. The fraction of sp³-hybridized carbons (Fsp3) is 0.368. The Labute approximate surface area is 172 Å². The van der Waals surface area contributed by atoms with Gasteiger partial charge in [-0.25, -0.2) is 4.79 Å². The first-order valence-electron chi connectivity index (χ1n) is 9.05. The van der Waals surface area contributed by atoms with Crippen LogP contribution in [0.2, 0.25) is 5.02 Å². The molecule has 1 saturated heterocycles. The second-order valence-corrected chi connectivity index (χ2v) is 9.00. The van der Waals surface area contributed by atoms with E-state index in [9.17, 15) is 9.59 Å². The van der Waals surface area contributed by atoms with Gasteiger partial charge in [-0.2, -0.15) is 0 Å². The van der Waals surface area contributed by atoms with Gasteiger partial charge in [0, 0.05) is 17.1 Å². The van der Waals surface area contributed by atoms with Crippen LogP contribution in [0.3, 0.4) is 0 Å². The standard InChI is InChI=1S/C19H21ClN4O3S/c1-24(13-9-27-10-13)7-6-14-15(8-24)28-18(16(14)17(21)25)23-19(26)22-12-4-2-11(20)3-5-12/h2-5,13H,6-10H2,1H3,(H3-,21,22,23,25,26)/p+1. The maximum absolute atomic E-state index is 12.4. The van der Waals surface area contributed by atoms with Crippen molar-refractivity contribution < 1.29 is 18.8 Å². The zero-order valence-electron chi connectivity index (χ0n) is 15.5. The van der Waals surface area contributed by atoms with E-state index < -0.39 is 11.9 Å². The molecule has 1 fully saturated rings. The Balaban J connectivity index is 1.55. The molecule has 2 aliphatic heterocycles. The highest BCUT2D eigenvalue weighted by Gasteiger charge is 2.43. The largest absolute Gasteiger partial charge is 0.369 e. The number of urea groups is 1. The Morgan fingerprint density at radius 2 is 1.96 bits per heavy atom. The summed E-state index contributed by atoms with van der Waals surface area (Å²) in [5.41, 5.74) is 7.66. The van der Waals surface area contributed by atoms with Gasteiger partial charge in [-0.15, -0.1) is 11.3 Å². The molecule has 3 amide bonds. The van der Waals surface area contributed by atoms with E-state index in [0.29, 0.717) is 27.3 Å². The summed E-state index contributed by atoms with van der Waals surface area (Å²) < 4.78 is 6.26. The Kier molecular flexibility index (Phi) is 5.05. The Hall–Kier alpha value is -2.13. The Morgan fingerprint density at radius 1 is 1.25 bits per heavy atom. The van der Waals surface area contributed by atoms with E-state index in [1.165, 1.54) is 11.3 Å². The number of quaternary nitrogens is 1. The van der Waals surface area contributed by atoms with Gasteiger partial charge in [0.15, 0.2) is 0 Å². The molecular weight excluding hydrogens is 400 g/mol. The molecule has 9 heteroatoms. The number of halogens is 1. The number of hydrogen-bond acceptors (Lipinski definition) is 4. The molecule has 148 valence electrons. The lowest BCUT2D eigenvalue weighted by molar-refractivity contribution is -0.955. The van der Waals surface area contributed by atoms with Crippen molar-refractivity contribution in [3.8, 4) is 0 Å². The highest BCUT2D eigenvalue weighted by molar-refractivity contribution is 7.17. The summed E-state index contributed by atoms with van der Waals surface area (Å²) in [6.07, 6.45) is 0.761. The van der Waals surface area contributed by atoms with Gasteiger partial charge in [-0.1, -0.05) is 11.6 Å². The Morgan fingerprint density at radius 3 is 2.57 bits per heavy atom. The van der Waals surface area contributed by atoms with E-state index >= 15 is 0 Å². The summed E-state index contributed by atoms with van der Waals surface area (Å²) in [4.78, 5) is 25.6. The first kappa shape index (κ1) is 19.2. The van der Waals surface area contributed by atoms with Crippen molar-refractivity contribution in [2.75, 3.05) is 37.4 Å². The molecule has 0 bridgehead atoms. The minimum absolute atomic E-state index is 0.423. The number of primary amides is 1. The third kappa shape index (κ3) is 3.60. The summed E-state index contributed by atoms with van der Waals surface area (Å²) in [7, 11) is 2.22. The van der Waals surface area contributed by atoms with Crippen molar-refractivity contribution in [3.05, 3.63) is 45.3 Å². The number of likely N-dealkylation sites (N-methyl/N-ethyl adjacent to an activating group) is 1. The first-order valence-corrected chi connectivity index (χ1v) is 10.2. The van der Waals surface area contributed by atoms with E-state index in [-0.39, 0.29) is 0 Å². The lowest BCUT2D eigenvalue weighted by Crippen LogP contribution is -2.62. The second kappa shape index (κ2) is 7.36. The van der Waals surface area contributed by atoms with E-state index in [1.807, 2.05) is 0 Å². The number of ether oxygens (including phenoxy) is 1. The summed E-state index contributed by atoms with van der Waals surface area (Å²) in [6.45, 7) is 3.28. The number of fused-ring (bicyclic) bond motifs is 1. The van der Waals surface area contributed by atoms with E-state index in [0.717, 1.165) is 47.6 Å². The molecule has 7 nitrogen and oxygen atoms in total. The maximum Gasteiger partial charge on any atom is 0.324 e. The van der Waals surface area contributed by atoms with Crippen LogP contribution in [0, 0.1) is 0 Å². The molecule has 28 heavy (non-hydrogen) atoms. The predicted octanol–water partition coefficient (Wildman–Crippen LogP) is 3.05. The number of anilines is 2. The molecule has 1 aromatic heterocycles. The molecule has 1 unspecified atom stereocenters. The first-order chi connectivity index (χ1) is 13.4. The number of rotatable bonds is 4. The summed E-state index contributed by atoms with van der Waals surface area (Å²) in [5.74, 6) is -0.512. The highest BCUT2D eigenvalue weighted by atomic mass is 35.5. The van der Waals surface area contributed by atoms with Gasteiger partial charge in [-0.05, 0) is 29.8 Å². The van der Waals surface area contributed by atoms with Crippen LogP contribution < -0.4 is 16.4 Å². The fourth-order valence-electron chi connectivity index (χ4n) is 3.72. The molecule has 0 radical (unpaired) electrons. The molecular formula is C19H22ClN4O3S+. The topological polar surface area (TPSA) is 93.4 Å². The van der Waals surface area contributed by atoms with Crippen molar-refractivity contribution in [1.82, 2.24) is 0 Å². The van der Waals surface area contributed by atoms with E-state index in [1.54, 1.807) is 24.3 Å². The van der Waals surface area contributed by atoms with Crippen molar-refractivity contribution in [1.29, 1.82) is 0 Å². The number of amides is 3. The number of benzene rings is 1. The molecule has 0 spiro atoms. The van der Waals surface area contributed by atoms with Crippen molar-refractivity contribution >= 4 is 45.6 Å². The third-order valence-electron chi connectivity index (χ3n) is 5.55. The highest BCUT2D eigenvalue weighted by Crippen LogP contribution is 2.40. The van der Waals surface area contributed by atoms with Crippen molar-refractivity contribution in [2.24, 2.45) is 5.73 Å². The van der Waals surface area contributed by atoms with Crippen LogP contribution in [-0.4, -0.2) is 49.3 Å². The minimum Gasteiger partial charge on any atom is -0.369 e. The fourth-order valence-corrected chi connectivity index (χ4v) is 5.25. The van der Waals surface area contributed by atoms with Crippen molar-refractivity contribution in [3.63, 3.8) is 0 Å². The quantitative estimate of drug-likeness (QED) is 0.662. The molecule has 0 saturated carbocycles. The van der Waals surface area contributed by atoms with E-state index in [4.69, 9.17) is 22.1 Å². The lowest BCUT2D eigenvalue weighted by atomic mass is 9.98. The van der Waals surface area contributed by atoms with Gasteiger partial charge in [-0.3, -0.25) is 10.1 Å². The third-order valence-corrected chi connectivity index (χ3v) is 6.93. The van der Waals surface area contributed by atoms with Crippen LogP contribution in [0.25, 0.3) is 0 Å². The Bertz CT molecular complexity index is 926. The van der Waals surface area contributed by atoms with Crippen LogP contribution in [0.4, 0.5) is 15.5 Å². The molecule has 2 aliphatic rings. The van der Waals surface area contributed by atoms with Crippen LogP contribution in [0.15, 0.2) is 24.3 Å². The van der Waals surface area contributed by atoms with Crippen LogP contribution in [0.5, 0.6) is 0 Å². The molecule has 0 aliphatic carbocycles. The number of nitrogens with zero attached hydrogens (tertiary/aromatic N) is 1. The zero-order valence-corrected chi connectivity index (χ0v) is 17.0. The van der Waals surface area contributed by atoms with Crippen molar-refractivity contribution in [2.45, 2.75) is 19.0 Å². The second-order valence-electron chi connectivity index (χ2n) is 7.46. The summed E-state index contributed by atoms with van der Waals surface area (Å²) in [6, 6.07) is 6.86. The summed E-state index contributed by atoms with van der Waals surface area (Å²) in [5, 5.41) is 6.63. The number of carbonyl (C=O) groups is 2. The smallest absolute Gasteiger partial charge is 0.324 e. The number of nitrogens with two attached hydrogens (primary N) is 1. The SMILES string of the molecule is C[N+]1(C2COC2)CCc2c(sc(NC(=O)Nc3ccc(Cl)cc3)c2C(N)=O)C1. The number of carbonyl (C=O) groups excluding carboxylic acids is 2. The van der Waals surface area contributed by atoms with Gasteiger partial charge >= 0.3 is 6.03 Å². The zero-order chi connectivity index (χ0) is 19.9. The van der Waals surface area contributed by atoms with Gasteiger partial charge in [0.05, 0.1) is 24.0 Å². The normalized spacial score (nSPS) is 21.5. The van der Waals surface area contributed by atoms with Crippen LogP contribution in [0.1, 0.15) is 20.8 Å². The molecule has 4 rings (SSSR count). The maximum atomic E-state index is 12.4. The van der Waals surface area contributed by atoms with Gasteiger partial charge < -0.3 is 20.3 Å². The lowest BCUT2D eigenvalue weighted by Gasteiger charge is -2.47. The van der Waals surface area contributed by atoms with Gasteiger partial charge in [0.1, 0.15) is 30.8 Å². The number of hydrogen-bond donors (Lipinski definition) is 3.